The molecule has 0 bridgehead atoms. The van der Waals surface area contributed by atoms with E-state index in [1.54, 1.807) is 30.8 Å². The minimum atomic E-state index is -0.928. The molecular weight excluding hydrogens is 666 g/mol. The molecule has 0 aliphatic carbocycles. The lowest BCUT2D eigenvalue weighted by molar-refractivity contribution is -0.149. The molecule has 0 saturated carbocycles. The maximum Gasteiger partial charge on any atom is 0.329 e. The third kappa shape index (κ3) is 12.4. The van der Waals surface area contributed by atoms with Gasteiger partial charge in [-0.2, -0.15) is 0 Å². The SMILES string of the molecule is C=CCOC(=O)C(Cc1ccccc1)NC(=O)C(C)C(OC)C1CCCN1C(=O)CC(OC)C(C(C)CC)N(C)C(=O)C(NC(=O)CNC)C(C)C. The Morgan fingerprint density at radius 3 is 2.27 bits per heavy atom. The molecule has 8 unspecified atom stereocenters. The van der Waals surface area contributed by atoms with E-state index in [4.69, 9.17) is 14.2 Å². The lowest BCUT2D eigenvalue weighted by atomic mass is 9.89. The van der Waals surface area contributed by atoms with Crippen molar-refractivity contribution >= 4 is 29.6 Å². The van der Waals surface area contributed by atoms with Gasteiger partial charge in [-0.25, -0.2) is 4.79 Å². The van der Waals surface area contributed by atoms with Crippen LogP contribution < -0.4 is 16.0 Å². The molecule has 1 saturated heterocycles. The van der Waals surface area contributed by atoms with Crippen LogP contribution in [0.25, 0.3) is 0 Å². The number of amides is 4. The van der Waals surface area contributed by atoms with Gasteiger partial charge in [-0.3, -0.25) is 19.2 Å². The van der Waals surface area contributed by atoms with E-state index in [0.29, 0.717) is 13.0 Å². The molecule has 13 nitrogen and oxygen atoms in total. The van der Waals surface area contributed by atoms with Gasteiger partial charge >= 0.3 is 5.97 Å². The molecule has 292 valence electrons. The number of likely N-dealkylation sites (N-methyl/N-ethyl adjacent to an activating group) is 2. The third-order valence-corrected chi connectivity index (χ3v) is 10.1. The summed E-state index contributed by atoms with van der Waals surface area (Å²) in [5.74, 6) is -2.58. The molecule has 0 aromatic heterocycles. The second-order valence-electron chi connectivity index (χ2n) is 14.1. The monoisotopic (exact) mass is 729 g/mol. The highest BCUT2D eigenvalue weighted by atomic mass is 16.5. The van der Waals surface area contributed by atoms with Crippen LogP contribution in [0, 0.1) is 17.8 Å². The zero-order valence-corrected chi connectivity index (χ0v) is 32.7. The molecule has 1 fully saturated rings. The van der Waals surface area contributed by atoms with Gasteiger partial charge in [0.05, 0.1) is 43.2 Å². The number of nitrogens with zero attached hydrogens (tertiary/aromatic N) is 2. The average Bonchev–Trinajstić information content (AvgIpc) is 3.62. The predicted octanol–water partition coefficient (Wildman–Crippen LogP) is 2.72. The first kappa shape index (κ1) is 44.4. The number of carbonyl (C=O) groups is 5. The van der Waals surface area contributed by atoms with Crippen molar-refractivity contribution in [3.05, 3.63) is 48.6 Å². The lowest BCUT2D eigenvalue weighted by Crippen LogP contribution is -2.58. The minimum absolute atomic E-state index is 0.00336. The minimum Gasteiger partial charge on any atom is -0.460 e. The molecule has 1 aliphatic heterocycles. The van der Waals surface area contributed by atoms with Gasteiger partial charge in [0.2, 0.25) is 23.6 Å². The van der Waals surface area contributed by atoms with E-state index >= 15 is 0 Å². The predicted molar refractivity (Wildman–Crippen MR) is 200 cm³/mol. The van der Waals surface area contributed by atoms with Gasteiger partial charge in [-0.15, -0.1) is 0 Å². The third-order valence-electron chi connectivity index (χ3n) is 10.1. The molecule has 13 heteroatoms. The molecule has 1 aromatic carbocycles. The van der Waals surface area contributed by atoms with Crippen molar-refractivity contribution < 1.29 is 38.2 Å². The van der Waals surface area contributed by atoms with Crippen molar-refractivity contribution in [2.24, 2.45) is 17.8 Å². The zero-order valence-electron chi connectivity index (χ0n) is 32.7. The maximum atomic E-state index is 14.1. The number of esters is 1. The van der Waals surface area contributed by atoms with Crippen molar-refractivity contribution in [2.75, 3.05) is 48.0 Å². The fourth-order valence-corrected chi connectivity index (χ4v) is 7.01. The van der Waals surface area contributed by atoms with Crippen LogP contribution in [0.2, 0.25) is 0 Å². The van der Waals surface area contributed by atoms with Crippen LogP contribution >= 0.6 is 0 Å². The Balaban J connectivity index is 2.27. The zero-order chi connectivity index (χ0) is 39.0. The van der Waals surface area contributed by atoms with Crippen molar-refractivity contribution in [1.29, 1.82) is 0 Å². The smallest absolute Gasteiger partial charge is 0.329 e. The van der Waals surface area contributed by atoms with Gasteiger partial charge in [0.1, 0.15) is 18.7 Å². The summed E-state index contributed by atoms with van der Waals surface area (Å²) in [6.07, 6.45) is 2.50. The number of methoxy groups -OCH3 is 2. The molecule has 1 heterocycles. The largest absolute Gasteiger partial charge is 0.460 e. The van der Waals surface area contributed by atoms with Gasteiger partial charge in [-0.05, 0) is 37.3 Å². The molecule has 4 amide bonds. The first-order chi connectivity index (χ1) is 24.7. The summed E-state index contributed by atoms with van der Waals surface area (Å²) < 4.78 is 17.2. The standard InChI is InChI=1S/C39H63N5O8/c1-11-21-52-39(49)29(22-28-17-14-13-15-18-28)41-37(47)27(6)36(51-10)30-19-16-20-44(30)33(46)23-31(50-9)35(26(5)12-2)43(8)38(48)34(25(3)4)42-32(45)24-40-7/h11,13-15,17-18,25-27,29-31,34-36,40H,1,12,16,19-24H2,2-10H3,(H,41,47)(H,42,45). The van der Waals surface area contributed by atoms with Gasteiger partial charge in [0.25, 0.3) is 0 Å². The maximum absolute atomic E-state index is 14.1. The Hall–Kier alpha value is -3.81. The van der Waals surface area contributed by atoms with Crippen molar-refractivity contribution in [3.8, 4) is 0 Å². The van der Waals surface area contributed by atoms with Crippen LogP contribution in [0.15, 0.2) is 43.0 Å². The Labute approximate surface area is 310 Å². The highest BCUT2D eigenvalue weighted by Crippen LogP contribution is 2.29. The summed E-state index contributed by atoms with van der Waals surface area (Å²) in [7, 11) is 6.43. The summed E-state index contributed by atoms with van der Waals surface area (Å²) in [5.41, 5.74) is 0.862. The molecular formula is C39H63N5O8. The summed E-state index contributed by atoms with van der Waals surface area (Å²) in [6, 6.07) is 6.82. The number of nitrogens with one attached hydrogen (secondary N) is 3. The second kappa shape index (κ2) is 22.3. The highest BCUT2D eigenvalue weighted by Gasteiger charge is 2.43. The molecule has 1 aliphatic rings. The highest BCUT2D eigenvalue weighted by molar-refractivity contribution is 5.89. The summed E-state index contributed by atoms with van der Waals surface area (Å²) in [6.45, 7) is 13.7. The number of hydrogen-bond acceptors (Lipinski definition) is 9. The number of carbonyl (C=O) groups excluding carboxylic acids is 5. The fraction of sp³-hybridized carbons (Fsp3) is 0.667. The number of rotatable bonds is 22. The Morgan fingerprint density at radius 2 is 1.71 bits per heavy atom. The van der Waals surface area contributed by atoms with Crippen LogP contribution in [0.5, 0.6) is 0 Å². The first-order valence-corrected chi connectivity index (χ1v) is 18.4. The molecule has 2 rings (SSSR count). The molecule has 8 atom stereocenters. The lowest BCUT2D eigenvalue weighted by Gasteiger charge is -2.40. The molecule has 0 radical (unpaired) electrons. The Morgan fingerprint density at radius 1 is 1.04 bits per heavy atom. The van der Waals surface area contributed by atoms with E-state index in [1.807, 2.05) is 58.0 Å². The number of likely N-dealkylation sites (tertiary alicyclic amines) is 1. The fourth-order valence-electron chi connectivity index (χ4n) is 7.01. The van der Waals surface area contributed by atoms with E-state index < -0.39 is 54.2 Å². The first-order valence-electron chi connectivity index (χ1n) is 18.4. The van der Waals surface area contributed by atoms with E-state index in [2.05, 4.69) is 22.5 Å². The Kier molecular flexibility index (Phi) is 19.0. The second-order valence-corrected chi connectivity index (χ2v) is 14.1. The summed E-state index contributed by atoms with van der Waals surface area (Å²) in [5, 5.41) is 8.53. The topological polar surface area (TPSA) is 156 Å². The van der Waals surface area contributed by atoms with Crippen LogP contribution in [-0.2, 0) is 44.6 Å². The number of benzene rings is 1. The van der Waals surface area contributed by atoms with E-state index in [-0.39, 0.29) is 55.6 Å². The van der Waals surface area contributed by atoms with E-state index in [1.165, 1.54) is 20.3 Å². The van der Waals surface area contributed by atoms with E-state index in [9.17, 15) is 24.0 Å². The summed E-state index contributed by atoms with van der Waals surface area (Å²) >= 11 is 0. The van der Waals surface area contributed by atoms with E-state index in [0.717, 1.165) is 18.4 Å². The van der Waals surface area contributed by atoms with Gasteiger partial charge in [0.15, 0.2) is 0 Å². The number of ether oxygens (including phenoxy) is 3. The van der Waals surface area contributed by atoms with Gasteiger partial charge in [-0.1, -0.05) is 84.0 Å². The Bertz CT molecular complexity index is 1310. The summed E-state index contributed by atoms with van der Waals surface area (Å²) in [4.78, 5) is 70.5. The molecule has 1 aromatic rings. The van der Waals surface area contributed by atoms with Crippen molar-refractivity contribution in [1.82, 2.24) is 25.8 Å². The average molecular weight is 730 g/mol. The van der Waals surface area contributed by atoms with Crippen LogP contribution in [0.3, 0.4) is 0 Å². The molecule has 52 heavy (non-hydrogen) atoms. The van der Waals surface area contributed by atoms with Crippen LogP contribution in [0.1, 0.15) is 65.9 Å². The van der Waals surface area contributed by atoms with Crippen molar-refractivity contribution in [3.63, 3.8) is 0 Å². The molecule has 0 spiro atoms. The quantitative estimate of drug-likeness (QED) is 0.121. The van der Waals surface area contributed by atoms with Crippen molar-refractivity contribution in [2.45, 2.75) is 103 Å². The van der Waals surface area contributed by atoms with Gasteiger partial charge in [0, 0.05) is 34.2 Å². The normalized spacial score (nSPS) is 18.3. The van der Waals surface area contributed by atoms with Crippen LogP contribution in [0.4, 0.5) is 0 Å². The van der Waals surface area contributed by atoms with Crippen LogP contribution in [-0.4, -0.2) is 124 Å². The number of hydrogen-bond donors (Lipinski definition) is 3. The molecule has 3 N–H and O–H groups in total. The van der Waals surface area contributed by atoms with Gasteiger partial charge < -0.3 is 40.0 Å².